The molecule has 5 aromatic carbocycles. The van der Waals surface area contributed by atoms with E-state index in [2.05, 4.69) is 20.9 Å². The van der Waals surface area contributed by atoms with Crippen molar-refractivity contribution in [3.63, 3.8) is 0 Å². The highest BCUT2D eigenvalue weighted by molar-refractivity contribution is 5.94. The normalized spacial score (nSPS) is 12.2. The zero-order chi connectivity index (χ0) is 36.5. The van der Waals surface area contributed by atoms with Crippen LogP contribution in [0.3, 0.4) is 0 Å². The minimum atomic E-state index is -1.12. The van der Waals surface area contributed by atoms with Crippen LogP contribution in [0.25, 0.3) is 10.9 Å². The van der Waals surface area contributed by atoms with E-state index in [9.17, 15) is 29.7 Å². The molecular formula is C41H38N4O7. The summed E-state index contributed by atoms with van der Waals surface area (Å²) in [6.45, 7) is 1.39. The minimum Gasteiger partial charge on any atom is -0.506 e. The summed E-state index contributed by atoms with van der Waals surface area (Å²) in [5.74, 6) is 0.331. The number of H-pyrrole nitrogens is 1. The van der Waals surface area contributed by atoms with E-state index >= 15 is 0 Å². The lowest BCUT2D eigenvalue weighted by Gasteiger charge is -2.19. The third kappa shape index (κ3) is 9.02. The molecule has 1 heterocycles. The maximum absolute atomic E-state index is 12.9. The predicted molar refractivity (Wildman–Crippen MR) is 197 cm³/mol. The van der Waals surface area contributed by atoms with E-state index in [4.69, 9.17) is 4.74 Å². The third-order valence-corrected chi connectivity index (χ3v) is 8.62. The Bertz CT molecular complexity index is 2200. The Balaban J connectivity index is 0.960. The van der Waals surface area contributed by atoms with Crippen LogP contribution in [0.2, 0.25) is 0 Å². The molecule has 264 valence electrons. The van der Waals surface area contributed by atoms with Gasteiger partial charge in [0.2, 0.25) is 5.56 Å². The molecule has 0 radical (unpaired) electrons. The first-order valence-electron chi connectivity index (χ1n) is 16.7. The number of hydrogen-bond acceptors (Lipinski definition) is 7. The Morgan fingerprint density at radius 2 is 1.44 bits per heavy atom. The van der Waals surface area contributed by atoms with Crippen LogP contribution in [0.5, 0.6) is 11.5 Å². The zero-order valence-corrected chi connectivity index (χ0v) is 28.1. The molecule has 6 rings (SSSR count). The molecule has 0 saturated heterocycles. The zero-order valence-electron chi connectivity index (χ0n) is 28.1. The molecular weight excluding hydrogens is 660 g/mol. The number of benzene rings is 5. The Morgan fingerprint density at radius 3 is 2.17 bits per heavy atom. The van der Waals surface area contributed by atoms with Gasteiger partial charge in [-0.15, -0.1) is 0 Å². The second-order valence-electron chi connectivity index (χ2n) is 12.3. The van der Waals surface area contributed by atoms with Gasteiger partial charge in [-0.3, -0.25) is 9.59 Å². The first-order chi connectivity index (χ1) is 25.2. The number of carboxylic acid groups (broad SMARTS) is 1. The number of rotatable bonds is 14. The molecule has 11 nitrogen and oxygen atoms in total. The van der Waals surface area contributed by atoms with Crippen LogP contribution < -0.4 is 26.2 Å². The molecule has 52 heavy (non-hydrogen) atoms. The van der Waals surface area contributed by atoms with Crippen LogP contribution in [0, 0.1) is 0 Å². The number of carbonyl (C=O) groups is 2. The van der Waals surface area contributed by atoms with Crippen molar-refractivity contribution in [3.8, 4) is 11.5 Å². The maximum atomic E-state index is 12.9. The number of hydrogen-bond donors (Lipinski definition) is 7. The summed E-state index contributed by atoms with van der Waals surface area (Å²) in [4.78, 5) is 38.6. The van der Waals surface area contributed by atoms with E-state index in [1.165, 1.54) is 12.1 Å². The van der Waals surface area contributed by atoms with Crippen LogP contribution in [-0.4, -0.2) is 38.8 Å². The van der Waals surface area contributed by atoms with E-state index in [1.54, 1.807) is 24.3 Å². The van der Waals surface area contributed by atoms with Crippen molar-refractivity contribution in [2.75, 3.05) is 6.54 Å². The fourth-order valence-corrected chi connectivity index (χ4v) is 5.90. The predicted octanol–water partition coefficient (Wildman–Crippen LogP) is 5.92. The van der Waals surface area contributed by atoms with Gasteiger partial charge in [0, 0.05) is 36.7 Å². The van der Waals surface area contributed by atoms with Crippen LogP contribution in [0.1, 0.15) is 55.9 Å². The number of carbonyl (C=O) groups excluding carboxylic acids is 1. The number of aromatic hydroxyl groups is 1. The number of phenolic OH excluding ortho intramolecular Hbond substituents is 1. The van der Waals surface area contributed by atoms with E-state index in [-0.39, 0.29) is 30.4 Å². The molecule has 0 spiro atoms. The van der Waals surface area contributed by atoms with Gasteiger partial charge in [0.05, 0.1) is 17.7 Å². The van der Waals surface area contributed by atoms with E-state index < -0.39 is 18.2 Å². The van der Waals surface area contributed by atoms with E-state index in [0.29, 0.717) is 40.9 Å². The summed E-state index contributed by atoms with van der Waals surface area (Å²) in [6.07, 6.45) is -1.98. The summed E-state index contributed by atoms with van der Waals surface area (Å²) in [7, 11) is 0. The van der Waals surface area contributed by atoms with Crippen LogP contribution >= 0.6 is 0 Å². The van der Waals surface area contributed by atoms with Crippen molar-refractivity contribution in [2.24, 2.45) is 0 Å². The SMILES string of the molecule is O=C(O)NC(c1ccccc1)c1cccc(OCc2ccc(C(=O)NCc3ccc(CNC[C@@H](O)c4ccc(O)c5[nH]c(=O)ccc45)cc3)cc2)c1. The number of aromatic nitrogens is 1. The number of aliphatic hydroxyl groups excluding tert-OH is 1. The van der Waals surface area contributed by atoms with Crippen molar-refractivity contribution < 1.29 is 29.6 Å². The molecule has 0 aliphatic carbocycles. The maximum Gasteiger partial charge on any atom is 0.405 e. The molecule has 0 fully saturated rings. The Labute approximate surface area is 299 Å². The molecule has 11 heteroatoms. The number of nitrogens with one attached hydrogen (secondary N) is 4. The van der Waals surface area contributed by atoms with Gasteiger partial charge in [0.15, 0.2) is 0 Å². The smallest absolute Gasteiger partial charge is 0.405 e. The van der Waals surface area contributed by atoms with Crippen LogP contribution in [-0.2, 0) is 19.7 Å². The topological polar surface area (TPSA) is 173 Å². The number of aromatic amines is 1. The summed E-state index contributed by atoms with van der Waals surface area (Å²) in [5, 5.41) is 39.6. The fourth-order valence-electron chi connectivity index (χ4n) is 5.90. The molecule has 0 aliphatic heterocycles. The number of ether oxygens (including phenoxy) is 1. The van der Waals surface area contributed by atoms with Crippen molar-refractivity contribution >= 4 is 22.9 Å². The lowest BCUT2D eigenvalue weighted by Crippen LogP contribution is -2.27. The number of pyridine rings is 1. The largest absolute Gasteiger partial charge is 0.506 e. The van der Waals surface area contributed by atoms with Gasteiger partial charge in [-0.2, -0.15) is 0 Å². The van der Waals surface area contributed by atoms with Gasteiger partial charge in [-0.1, -0.05) is 84.9 Å². The highest BCUT2D eigenvalue weighted by atomic mass is 16.5. The average molecular weight is 699 g/mol. The van der Waals surface area contributed by atoms with Gasteiger partial charge < -0.3 is 41.0 Å². The summed E-state index contributed by atoms with van der Waals surface area (Å²) >= 11 is 0. The quantitative estimate of drug-likeness (QED) is 0.0734. The summed E-state index contributed by atoms with van der Waals surface area (Å²) < 4.78 is 6.01. The molecule has 0 bridgehead atoms. The first-order valence-corrected chi connectivity index (χ1v) is 16.7. The number of fused-ring (bicyclic) bond motifs is 1. The minimum absolute atomic E-state index is 0.0559. The van der Waals surface area contributed by atoms with Gasteiger partial charge in [0.1, 0.15) is 18.1 Å². The molecule has 0 saturated carbocycles. The average Bonchev–Trinajstić information content (AvgIpc) is 3.16. The molecule has 6 aromatic rings. The summed E-state index contributed by atoms with van der Waals surface area (Å²) in [5.41, 5.74) is 5.44. The van der Waals surface area contributed by atoms with Gasteiger partial charge in [0.25, 0.3) is 5.91 Å². The van der Waals surface area contributed by atoms with Crippen LogP contribution in [0.4, 0.5) is 4.79 Å². The van der Waals surface area contributed by atoms with Crippen molar-refractivity contribution in [1.29, 1.82) is 0 Å². The lowest BCUT2D eigenvalue weighted by atomic mass is 9.98. The molecule has 1 aromatic heterocycles. The second-order valence-corrected chi connectivity index (χ2v) is 12.3. The monoisotopic (exact) mass is 698 g/mol. The number of amides is 2. The Kier molecular flexibility index (Phi) is 11.2. The molecule has 2 amide bonds. The lowest BCUT2D eigenvalue weighted by molar-refractivity contribution is 0.0950. The third-order valence-electron chi connectivity index (χ3n) is 8.62. The second kappa shape index (κ2) is 16.5. The first kappa shape index (κ1) is 35.4. The van der Waals surface area contributed by atoms with Crippen molar-refractivity contribution in [3.05, 3.63) is 177 Å². The molecule has 7 N–H and O–H groups in total. The molecule has 2 atom stereocenters. The van der Waals surface area contributed by atoms with Crippen molar-refractivity contribution in [1.82, 2.24) is 20.9 Å². The Morgan fingerprint density at radius 1 is 0.750 bits per heavy atom. The van der Waals surface area contributed by atoms with Gasteiger partial charge in [-0.05, 0) is 69.8 Å². The van der Waals surface area contributed by atoms with Crippen molar-refractivity contribution in [2.45, 2.75) is 31.8 Å². The van der Waals surface area contributed by atoms with Gasteiger partial charge >= 0.3 is 6.09 Å². The fraction of sp³-hybridized carbons (Fsp3) is 0.146. The highest BCUT2D eigenvalue weighted by Gasteiger charge is 2.17. The van der Waals surface area contributed by atoms with E-state index in [0.717, 1.165) is 27.8 Å². The summed E-state index contributed by atoms with van der Waals surface area (Å²) in [6, 6.07) is 37.1. The molecule has 0 aliphatic rings. The number of aliphatic hydroxyl groups is 1. The standard InChI is InChI=1S/C41H38N4O7/c46-35-19-17-33(34-18-20-37(48)44-39(34)35)36(47)24-42-22-26-9-11-27(12-10-26)23-43-40(49)30-15-13-28(14-16-30)25-52-32-8-4-7-31(21-32)38(45-41(50)51)29-5-2-1-3-6-29/h1-21,36,38,42,45-47H,22-25H2,(H,43,49)(H,44,48)(H,50,51)/t36-,38?/m1/s1. The Hall–Kier alpha value is -6.43. The molecule has 1 unspecified atom stereocenters. The highest BCUT2D eigenvalue weighted by Crippen LogP contribution is 2.29. The van der Waals surface area contributed by atoms with Crippen LogP contribution in [0.15, 0.2) is 132 Å². The van der Waals surface area contributed by atoms with Gasteiger partial charge in [-0.25, -0.2) is 4.79 Å². The van der Waals surface area contributed by atoms with E-state index in [1.807, 2.05) is 91.0 Å². The number of phenols is 1.